The van der Waals surface area contributed by atoms with E-state index >= 15 is 0 Å². The van der Waals surface area contributed by atoms with Crippen molar-refractivity contribution in [2.24, 2.45) is 11.8 Å². The van der Waals surface area contributed by atoms with Crippen LogP contribution in [0.3, 0.4) is 0 Å². The molecular weight excluding hydrogens is 440 g/mol. The van der Waals surface area contributed by atoms with Crippen LogP contribution in [0.4, 0.5) is 0 Å². The number of esters is 1. The van der Waals surface area contributed by atoms with Gasteiger partial charge in [0.25, 0.3) is 0 Å². The van der Waals surface area contributed by atoms with Gasteiger partial charge in [-0.1, -0.05) is 6.92 Å². The third-order valence-corrected chi connectivity index (χ3v) is 7.54. The molecule has 0 aliphatic carbocycles. The number of ether oxygens (including phenoxy) is 1. The van der Waals surface area contributed by atoms with Crippen LogP contribution in [0.1, 0.15) is 58.8 Å². The number of fused-ring (bicyclic) bond motifs is 4. The molecule has 4 fully saturated rings. The summed E-state index contributed by atoms with van der Waals surface area (Å²) in [7, 11) is 0. The average Bonchev–Trinajstić information content (AvgIpc) is 3.32. The van der Waals surface area contributed by atoms with Gasteiger partial charge in [0.1, 0.15) is 24.7 Å². The third-order valence-electron chi connectivity index (χ3n) is 7.54. The molecule has 4 saturated heterocycles. The van der Waals surface area contributed by atoms with E-state index in [0.29, 0.717) is 45.3 Å². The van der Waals surface area contributed by atoms with Crippen LogP contribution >= 0.6 is 0 Å². The molecule has 188 valence electrons. The minimum atomic E-state index is -0.770. The number of cyclic esters (lactones) is 1. The van der Waals surface area contributed by atoms with Crippen molar-refractivity contribution < 1.29 is 28.7 Å². The van der Waals surface area contributed by atoms with Gasteiger partial charge in [0.05, 0.1) is 12.3 Å². The number of hydrogen-bond acceptors (Lipinski definition) is 6. The summed E-state index contributed by atoms with van der Waals surface area (Å²) in [6.07, 6.45) is 4.05. The van der Waals surface area contributed by atoms with E-state index in [1.807, 2.05) is 6.92 Å². The molecule has 4 heterocycles. The van der Waals surface area contributed by atoms with Gasteiger partial charge < -0.3 is 24.8 Å². The van der Waals surface area contributed by atoms with E-state index in [9.17, 15) is 24.0 Å². The van der Waals surface area contributed by atoms with E-state index < -0.39 is 30.0 Å². The minimum absolute atomic E-state index is 0.0153. The van der Waals surface area contributed by atoms with Gasteiger partial charge in [0.15, 0.2) is 0 Å². The van der Waals surface area contributed by atoms with Crippen LogP contribution in [0.15, 0.2) is 0 Å². The first-order valence-corrected chi connectivity index (χ1v) is 12.6. The fraction of sp³-hybridized carbons (Fsp3) is 0.792. The Morgan fingerprint density at radius 3 is 2.38 bits per heavy atom. The quantitative estimate of drug-likeness (QED) is 0.503. The summed E-state index contributed by atoms with van der Waals surface area (Å²) in [4.78, 5) is 70.2. The Labute approximate surface area is 200 Å². The molecule has 0 aromatic rings. The van der Waals surface area contributed by atoms with Crippen molar-refractivity contribution in [3.63, 3.8) is 0 Å². The highest BCUT2D eigenvalue weighted by molar-refractivity contribution is 5.94. The molecule has 10 heteroatoms. The molecule has 4 rings (SSSR count). The molecule has 5 unspecified atom stereocenters. The van der Waals surface area contributed by atoms with E-state index in [0.717, 1.165) is 12.8 Å². The molecule has 4 aliphatic rings. The SMILES string of the molecule is CC1CC2CN(C1)C(=O)C(C)NC(=O)C1CCCCN1C(=O)C1CCCN1C(=O)CCOC2=O. The largest absolute Gasteiger partial charge is 0.465 e. The van der Waals surface area contributed by atoms with Crippen LogP contribution in [-0.2, 0) is 28.7 Å². The summed E-state index contributed by atoms with van der Waals surface area (Å²) in [5.74, 6) is -1.77. The van der Waals surface area contributed by atoms with E-state index in [1.54, 1.807) is 21.6 Å². The summed E-state index contributed by atoms with van der Waals surface area (Å²) >= 11 is 0. The number of carbonyl (C=O) groups is 5. The fourth-order valence-electron chi connectivity index (χ4n) is 5.83. The molecule has 4 aliphatic heterocycles. The lowest BCUT2D eigenvalue weighted by Crippen LogP contribution is -2.59. The van der Waals surface area contributed by atoms with E-state index in [4.69, 9.17) is 4.74 Å². The van der Waals surface area contributed by atoms with Crippen molar-refractivity contribution in [2.45, 2.75) is 76.9 Å². The predicted octanol–water partition coefficient (Wildman–Crippen LogP) is 0.295. The van der Waals surface area contributed by atoms with Gasteiger partial charge in [-0.15, -0.1) is 0 Å². The highest BCUT2D eigenvalue weighted by Crippen LogP contribution is 2.27. The number of nitrogens with one attached hydrogen (secondary N) is 1. The highest BCUT2D eigenvalue weighted by atomic mass is 16.5. The lowest BCUT2D eigenvalue weighted by molar-refractivity contribution is -0.154. The predicted molar refractivity (Wildman–Crippen MR) is 121 cm³/mol. The van der Waals surface area contributed by atoms with Crippen molar-refractivity contribution >= 4 is 29.6 Å². The monoisotopic (exact) mass is 476 g/mol. The van der Waals surface area contributed by atoms with Crippen molar-refractivity contribution in [1.29, 1.82) is 0 Å². The van der Waals surface area contributed by atoms with Gasteiger partial charge in [0.2, 0.25) is 23.6 Å². The molecule has 5 atom stereocenters. The first kappa shape index (κ1) is 24.5. The lowest BCUT2D eigenvalue weighted by Gasteiger charge is -2.39. The molecular formula is C24H36N4O6. The summed E-state index contributed by atoms with van der Waals surface area (Å²) in [6.45, 7) is 5.26. The van der Waals surface area contributed by atoms with Gasteiger partial charge in [-0.2, -0.15) is 0 Å². The lowest BCUT2D eigenvalue weighted by atomic mass is 9.90. The summed E-state index contributed by atoms with van der Waals surface area (Å²) in [5.41, 5.74) is 0. The van der Waals surface area contributed by atoms with E-state index in [2.05, 4.69) is 5.32 Å². The van der Waals surface area contributed by atoms with Crippen molar-refractivity contribution in [3.05, 3.63) is 0 Å². The second kappa shape index (κ2) is 10.3. The first-order chi connectivity index (χ1) is 16.3. The summed E-state index contributed by atoms with van der Waals surface area (Å²) in [6, 6.07) is -2.02. The molecule has 0 spiro atoms. The van der Waals surface area contributed by atoms with Crippen LogP contribution in [-0.4, -0.2) is 95.2 Å². The zero-order valence-corrected chi connectivity index (χ0v) is 20.2. The Kier molecular flexibility index (Phi) is 7.42. The van der Waals surface area contributed by atoms with Gasteiger partial charge in [-0.05, 0) is 51.4 Å². The number of amides is 4. The van der Waals surface area contributed by atoms with Crippen molar-refractivity contribution in [1.82, 2.24) is 20.0 Å². The molecule has 0 aromatic heterocycles. The van der Waals surface area contributed by atoms with Crippen LogP contribution in [0.2, 0.25) is 0 Å². The second-order valence-corrected chi connectivity index (χ2v) is 10.2. The summed E-state index contributed by atoms with van der Waals surface area (Å²) in [5, 5.41) is 2.82. The van der Waals surface area contributed by atoms with Gasteiger partial charge in [0, 0.05) is 26.2 Å². The molecule has 1 N–H and O–H groups in total. The van der Waals surface area contributed by atoms with Crippen LogP contribution in [0.25, 0.3) is 0 Å². The maximum absolute atomic E-state index is 13.5. The van der Waals surface area contributed by atoms with Gasteiger partial charge >= 0.3 is 5.97 Å². The maximum Gasteiger partial charge on any atom is 0.310 e. The van der Waals surface area contributed by atoms with Gasteiger partial charge in [-0.3, -0.25) is 24.0 Å². The molecule has 10 nitrogen and oxygen atoms in total. The first-order valence-electron chi connectivity index (χ1n) is 12.6. The topological polar surface area (TPSA) is 116 Å². The minimum Gasteiger partial charge on any atom is -0.465 e. The zero-order chi connectivity index (χ0) is 24.4. The Morgan fingerprint density at radius 1 is 0.853 bits per heavy atom. The van der Waals surface area contributed by atoms with Crippen LogP contribution in [0, 0.1) is 11.8 Å². The van der Waals surface area contributed by atoms with Crippen molar-refractivity contribution in [3.8, 4) is 0 Å². The Hall–Kier alpha value is -2.65. The second-order valence-electron chi connectivity index (χ2n) is 10.2. The van der Waals surface area contributed by atoms with Crippen LogP contribution < -0.4 is 5.32 Å². The van der Waals surface area contributed by atoms with Crippen LogP contribution in [0.5, 0.6) is 0 Å². The molecule has 0 aromatic carbocycles. The number of rotatable bonds is 0. The summed E-state index contributed by atoms with van der Waals surface area (Å²) < 4.78 is 5.42. The zero-order valence-electron chi connectivity index (χ0n) is 20.2. The Bertz CT molecular complexity index is 847. The smallest absolute Gasteiger partial charge is 0.310 e. The molecule has 34 heavy (non-hydrogen) atoms. The Morgan fingerprint density at radius 2 is 1.59 bits per heavy atom. The number of piperidine rings is 2. The Balaban J connectivity index is 1.60. The number of carbonyl (C=O) groups excluding carboxylic acids is 5. The standard InChI is InChI=1S/C24H36N4O6/c1-15-12-17-14-26(13-15)22(31)16(2)25-21(30)18-6-3-4-9-28(18)23(32)19-7-5-10-27(19)20(29)8-11-34-24(17)33/h15-19H,3-14H2,1-2H3,(H,25,30). The maximum atomic E-state index is 13.5. The number of hydrogen-bond donors (Lipinski definition) is 1. The molecule has 0 saturated carbocycles. The molecule has 4 amide bonds. The number of nitrogens with zero attached hydrogens (tertiary/aromatic N) is 3. The van der Waals surface area contributed by atoms with E-state index in [1.165, 1.54) is 0 Å². The normalized spacial score (nSPS) is 34.2. The van der Waals surface area contributed by atoms with Gasteiger partial charge in [-0.25, -0.2) is 0 Å². The average molecular weight is 477 g/mol. The van der Waals surface area contributed by atoms with Crippen molar-refractivity contribution in [2.75, 3.05) is 32.8 Å². The molecule has 0 radical (unpaired) electrons. The fourth-order valence-corrected chi connectivity index (χ4v) is 5.83. The molecule has 2 bridgehead atoms. The third kappa shape index (κ3) is 5.05. The highest BCUT2D eigenvalue weighted by Gasteiger charge is 2.42. The van der Waals surface area contributed by atoms with E-state index in [-0.39, 0.29) is 49.1 Å².